The molecule has 0 spiro atoms. The molecule has 0 aromatic heterocycles. The fourth-order valence-electron chi connectivity index (χ4n) is 2.53. The Morgan fingerprint density at radius 3 is 2.11 bits per heavy atom. The van der Waals surface area contributed by atoms with Gasteiger partial charge in [0.15, 0.2) is 0 Å². The second-order valence-electron chi connectivity index (χ2n) is 6.41. The van der Waals surface area contributed by atoms with E-state index >= 15 is 0 Å². The van der Waals surface area contributed by atoms with E-state index in [4.69, 9.17) is 0 Å². The first kappa shape index (κ1) is 15.4. The molecule has 0 amide bonds. The van der Waals surface area contributed by atoms with Crippen LogP contribution in [-0.2, 0) is 9.59 Å². The van der Waals surface area contributed by atoms with E-state index in [1.807, 2.05) is 13.8 Å². The van der Waals surface area contributed by atoms with E-state index in [-0.39, 0.29) is 29.3 Å². The predicted octanol–water partition coefficient (Wildman–Crippen LogP) is 2.75. The lowest BCUT2D eigenvalue weighted by Gasteiger charge is -2.31. The molecule has 1 rings (SSSR count). The second kappa shape index (κ2) is 5.96. The van der Waals surface area contributed by atoms with E-state index < -0.39 is 5.60 Å². The molecule has 3 atom stereocenters. The van der Waals surface area contributed by atoms with Gasteiger partial charge in [-0.1, -0.05) is 13.8 Å². The lowest BCUT2D eigenvalue weighted by Crippen LogP contribution is -2.35. The molecule has 3 heteroatoms. The Morgan fingerprint density at radius 2 is 1.56 bits per heavy atom. The molecule has 1 aliphatic carbocycles. The zero-order valence-corrected chi connectivity index (χ0v) is 12.0. The van der Waals surface area contributed by atoms with Crippen molar-refractivity contribution in [2.24, 2.45) is 17.8 Å². The zero-order chi connectivity index (χ0) is 13.9. The number of rotatable bonds is 1. The van der Waals surface area contributed by atoms with Crippen LogP contribution in [0.1, 0.15) is 59.8 Å². The smallest absolute Gasteiger partial charge is 0.136 e. The lowest BCUT2D eigenvalue weighted by molar-refractivity contribution is -0.128. The van der Waals surface area contributed by atoms with Gasteiger partial charge in [-0.3, -0.25) is 9.59 Å². The van der Waals surface area contributed by atoms with E-state index in [1.165, 1.54) is 0 Å². The summed E-state index contributed by atoms with van der Waals surface area (Å²) < 4.78 is 0. The average Bonchev–Trinajstić information content (AvgIpc) is 2.27. The first-order valence-electron chi connectivity index (χ1n) is 6.99. The van der Waals surface area contributed by atoms with Gasteiger partial charge in [0.2, 0.25) is 0 Å². The van der Waals surface area contributed by atoms with Gasteiger partial charge >= 0.3 is 0 Å². The average molecular weight is 254 g/mol. The standard InChI is InChI=1S/C15H26O3/c1-10-5-7-12(15(3,4)18)9-14(17)11(2)6-8-13(10)16/h10-12,18H,5-9H2,1-4H3/t10-,11+,12-/m1/s1. The van der Waals surface area contributed by atoms with Crippen molar-refractivity contribution in [1.29, 1.82) is 0 Å². The summed E-state index contributed by atoms with van der Waals surface area (Å²) >= 11 is 0. The summed E-state index contributed by atoms with van der Waals surface area (Å²) in [5.74, 6) is 0.385. The first-order valence-corrected chi connectivity index (χ1v) is 6.99. The van der Waals surface area contributed by atoms with Crippen LogP contribution in [0.25, 0.3) is 0 Å². The third kappa shape index (κ3) is 4.20. The van der Waals surface area contributed by atoms with Gasteiger partial charge in [0.25, 0.3) is 0 Å². The van der Waals surface area contributed by atoms with E-state index in [0.29, 0.717) is 19.3 Å². The number of carbonyl (C=O) groups is 2. The molecule has 0 unspecified atom stereocenters. The molecule has 18 heavy (non-hydrogen) atoms. The van der Waals surface area contributed by atoms with Gasteiger partial charge in [-0.2, -0.15) is 0 Å². The first-order chi connectivity index (χ1) is 8.21. The third-order valence-corrected chi connectivity index (χ3v) is 4.32. The normalized spacial score (nSPS) is 32.4. The Labute approximate surface area is 110 Å². The molecule has 0 saturated heterocycles. The van der Waals surface area contributed by atoms with Gasteiger partial charge in [0, 0.05) is 24.7 Å². The molecule has 104 valence electrons. The number of hydrogen-bond donors (Lipinski definition) is 1. The molecule has 3 nitrogen and oxygen atoms in total. The molecule has 0 bridgehead atoms. The van der Waals surface area contributed by atoms with Crippen LogP contribution < -0.4 is 0 Å². The minimum absolute atomic E-state index is 0.0409. The van der Waals surface area contributed by atoms with Crippen molar-refractivity contribution in [2.75, 3.05) is 0 Å². The minimum atomic E-state index is -0.850. The summed E-state index contributed by atoms with van der Waals surface area (Å²) in [7, 11) is 0. The lowest BCUT2D eigenvalue weighted by atomic mass is 9.77. The van der Waals surface area contributed by atoms with Crippen molar-refractivity contribution in [1.82, 2.24) is 0 Å². The van der Waals surface area contributed by atoms with Gasteiger partial charge in [-0.05, 0) is 39.0 Å². The van der Waals surface area contributed by atoms with E-state index in [1.54, 1.807) is 13.8 Å². The number of carbonyl (C=O) groups excluding carboxylic acids is 2. The van der Waals surface area contributed by atoms with Crippen molar-refractivity contribution in [3.8, 4) is 0 Å². The van der Waals surface area contributed by atoms with Gasteiger partial charge in [-0.15, -0.1) is 0 Å². The largest absolute Gasteiger partial charge is 0.390 e. The van der Waals surface area contributed by atoms with Crippen LogP contribution in [0.4, 0.5) is 0 Å². The van der Waals surface area contributed by atoms with Crippen molar-refractivity contribution in [2.45, 2.75) is 65.4 Å². The van der Waals surface area contributed by atoms with Gasteiger partial charge in [0.05, 0.1) is 5.60 Å². The summed E-state index contributed by atoms with van der Waals surface area (Å²) in [5, 5.41) is 10.1. The summed E-state index contributed by atoms with van der Waals surface area (Å²) in [6.07, 6.45) is 3.12. The molecule has 0 aromatic rings. The highest BCUT2D eigenvalue weighted by atomic mass is 16.3. The molecule has 0 aliphatic heterocycles. The fourth-order valence-corrected chi connectivity index (χ4v) is 2.53. The van der Waals surface area contributed by atoms with E-state index in [0.717, 1.165) is 12.8 Å². The van der Waals surface area contributed by atoms with Crippen LogP contribution in [0, 0.1) is 17.8 Å². The third-order valence-electron chi connectivity index (χ3n) is 4.32. The monoisotopic (exact) mass is 254 g/mol. The van der Waals surface area contributed by atoms with Crippen LogP contribution in [0.2, 0.25) is 0 Å². The molecule has 1 N–H and O–H groups in total. The SMILES string of the molecule is C[C@@H]1CC[C@@H](C(C)(C)O)CC(=O)[C@@H](C)CCC1=O. The molecule has 1 aliphatic rings. The molecular formula is C15H26O3. The topological polar surface area (TPSA) is 54.4 Å². The Kier molecular flexibility index (Phi) is 5.09. The minimum Gasteiger partial charge on any atom is -0.390 e. The zero-order valence-electron chi connectivity index (χ0n) is 12.0. The van der Waals surface area contributed by atoms with E-state index in [2.05, 4.69) is 0 Å². The molecule has 0 heterocycles. The predicted molar refractivity (Wildman–Crippen MR) is 71.2 cm³/mol. The highest BCUT2D eigenvalue weighted by Gasteiger charge is 2.32. The van der Waals surface area contributed by atoms with Gasteiger partial charge < -0.3 is 5.11 Å². The number of aliphatic hydroxyl groups is 1. The summed E-state index contributed by atoms with van der Waals surface area (Å²) in [4.78, 5) is 23.9. The van der Waals surface area contributed by atoms with Crippen molar-refractivity contribution in [3.63, 3.8) is 0 Å². The van der Waals surface area contributed by atoms with Crippen LogP contribution in [0.3, 0.4) is 0 Å². The maximum Gasteiger partial charge on any atom is 0.136 e. The maximum absolute atomic E-state index is 12.1. The molecule has 1 fully saturated rings. The number of Topliss-reactive ketones (excluding diaryl/α,β-unsaturated/α-hetero) is 2. The molecule has 1 saturated carbocycles. The Balaban J connectivity index is 2.82. The van der Waals surface area contributed by atoms with E-state index in [9.17, 15) is 14.7 Å². The van der Waals surface area contributed by atoms with Crippen LogP contribution in [0.5, 0.6) is 0 Å². The highest BCUT2D eigenvalue weighted by molar-refractivity contribution is 5.84. The number of hydrogen-bond acceptors (Lipinski definition) is 3. The summed E-state index contributed by atoms with van der Waals surface area (Å²) in [6, 6.07) is 0. The second-order valence-corrected chi connectivity index (χ2v) is 6.41. The van der Waals surface area contributed by atoms with Gasteiger partial charge in [-0.25, -0.2) is 0 Å². The van der Waals surface area contributed by atoms with Crippen LogP contribution in [-0.4, -0.2) is 22.3 Å². The van der Waals surface area contributed by atoms with Crippen molar-refractivity contribution >= 4 is 11.6 Å². The summed E-state index contributed by atoms with van der Waals surface area (Å²) in [5.41, 5.74) is -0.850. The van der Waals surface area contributed by atoms with Crippen LogP contribution >= 0.6 is 0 Å². The summed E-state index contributed by atoms with van der Waals surface area (Å²) in [6.45, 7) is 7.36. The quantitative estimate of drug-likeness (QED) is 0.782. The highest BCUT2D eigenvalue weighted by Crippen LogP contribution is 2.30. The fraction of sp³-hybridized carbons (Fsp3) is 0.867. The number of ketones is 2. The maximum atomic E-state index is 12.1. The molecule has 0 aromatic carbocycles. The Morgan fingerprint density at radius 1 is 1.00 bits per heavy atom. The van der Waals surface area contributed by atoms with Crippen molar-refractivity contribution < 1.29 is 14.7 Å². The van der Waals surface area contributed by atoms with Crippen molar-refractivity contribution in [3.05, 3.63) is 0 Å². The Hall–Kier alpha value is -0.700. The van der Waals surface area contributed by atoms with Gasteiger partial charge in [0.1, 0.15) is 11.6 Å². The molecule has 0 radical (unpaired) electrons. The Bertz CT molecular complexity index is 314. The molecular weight excluding hydrogens is 228 g/mol. The van der Waals surface area contributed by atoms with Crippen LogP contribution in [0.15, 0.2) is 0 Å².